The van der Waals surface area contributed by atoms with Crippen LogP contribution in [0.1, 0.15) is 40.0 Å². The third-order valence-corrected chi connectivity index (χ3v) is 5.10. The van der Waals surface area contributed by atoms with Crippen LogP contribution in [0.3, 0.4) is 0 Å². The highest BCUT2D eigenvalue weighted by molar-refractivity contribution is 5.92. The van der Waals surface area contributed by atoms with Crippen LogP contribution in [-0.4, -0.2) is 60.2 Å². The number of anilines is 2. The molecule has 0 radical (unpaired) electrons. The summed E-state index contributed by atoms with van der Waals surface area (Å²) in [5, 5.41) is 2.97. The Morgan fingerprint density at radius 3 is 2.76 bits per heavy atom. The monoisotopic (exact) mass is 346 g/mol. The fourth-order valence-corrected chi connectivity index (χ4v) is 3.47. The van der Waals surface area contributed by atoms with Gasteiger partial charge in [0.1, 0.15) is 5.82 Å². The van der Waals surface area contributed by atoms with Crippen LogP contribution in [0.15, 0.2) is 18.3 Å². The molecule has 1 aromatic heterocycles. The summed E-state index contributed by atoms with van der Waals surface area (Å²) in [6, 6.07) is 3.95. The average molecular weight is 346 g/mol. The molecule has 2 fully saturated rings. The molecule has 2 saturated heterocycles. The highest BCUT2D eigenvalue weighted by atomic mass is 16.5. The van der Waals surface area contributed by atoms with Crippen LogP contribution in [-0.2, 0) is 9.53 Å². The third-order valence-electron chi connectivity index (χ3n) is 5.10. The average Bonchev–Trinajstić information content (AvgIpc) is 2.60. The number of piperidine rings is 1. The molecule has 2 aliphatic rings. The van der Waals surface area contributed by atoms with E-state index in [1.807, 2.05) is 19.1 Å². The molecule has 0 bridgehead atoms. The van der Waals surface area contributed by atoms with E-state index >= 15 is 0 Å². The lowest BCUT2D eigenvalue weighted by Crippen LogP contribution is -2.57. The minimum Gasteiger partial charge on any atom is -0.375 e. The van der Waals surface area contributed by atoms with E-state index in [2.05, 4.69) is 33.9 Å². The van der Waals surface area contributed by atoms with Crippen molar-refractivity contribution in [2.45, 2.75) is 51.7 Å². The summed E-state index contributed by atoms with van der Waals surface area (Å²) in [4.78, 5) is 21.4. The molecule has 3 rings (SSSR count). The Morgan fingerprint density at radius 2 is 2.08 bits per heavy atom. The quantitative estimate of drug-likeness (QED) is 0.908. The van der Waals surface area contributed by atoms with Crippen molar-refractivity contribution in [1.29, 1.82) is 0 Å². The molecule has 1 N–H and O–H groups in total. The predicted molar refractivity (Wildman–Crippen MR) is 100.0 cm³/mol. The van der Waals surface area contributed by atoms with Crippen molar-refractivity contribution < 1.29 is 9.53 Å². The van der Waals surface area contributed by atoms with Crippen molar-refractivity contribution in [2.24, 2.45) is 0 Å². The van der Waals surface area contributed by atoms with Crippen LogP contribution >= 0.6 is 0 Å². The number of hydrogen-bond acceptors (Lipinski definition) is 5. The Hall–Kier alpha value is -1.66. The van der Waals surface area contributed by atoms with Crippen LogP contribution < -0.4 is 10.2 Å². The van der Waals surface area contributed by atoms with Crippen molar-refractivity contribution in [2.75, 3.05) is 43.0 Å². The van der Waals surface area contributed by atoms with Gasteiger partial charge in [-0.05, 0) is 52.2 Å². The van der Waals surface area contributed by atoms with Crippen molar-refractivity contribution in [1.82, 2.24) is 9.88 Å². The smallest absolute Gasteiger partial charge is 0.238 e. The van der Waals surface area contributed by atoms with Crippen LogP contribution in [0, 0.1) is 0 Å². The SMILES string of the molecule is CC1CN(CC(=O)Nc2ccc(N3CCCCC3)nc2)C(C)(C)CO1. The van der Waals surface area contributed by atoms with Gasteiger partial charge in [-0.1, -0.05) is 0 Å². The van der Waals surface area contributed by atoms with E-state index in [4.69, 9.17) is 4.74 Å². The molecular weight excluding hydrogens is 316 g/mol. The van der Waals surface area contributed by atoms with Gasteiger partial charge < -0.3 is 15.0 Å². The molecule has 0 aromatic carbocycles. The van der Waals surface area contributed by atoms with Crippen LogP contribution in [0.4, 0.5) is 11.5 Å². The molecular formula is C19H30N4O2. The summed E-state index contributed by atoms with van der Waals surface area (Å²) in [5.41, 5.74) is 0.630. The number of nitrogens with one attached hydrogen (secondary N) is 1. The molecule has 6 nitrogen and oxygen atoms in total. The summed E-state index contributed by atoms with van der Waals surface area (Å²) in [6.07, 6.45) is 5.68. The number of morpholine rings is 1. The molecule has 25 heavy (non-hydrogen) atoms. The van der Waals surface area contributed by atoms with E-state index in [0.29, 0.717) is 13.2 Å². The normalized spacial score (nSPS) is 24.1. The molecule has 1 unspecified atom stereocenters. The maximum absolute atomic E-state index is 12.4. The number of amides is 1. The van der Waals surface area contributed by atoms with Crippen LogP contribution in [0.25, 0.3) is 0 Å². The van der Waals surface area contributed by atoms with Crippen molar-refractivity contribution in [3.05, 3.63) is 18.3 Å². The Morgan fingerprint density at radius 1 is 1.32 bits per heavy atom. The lowest BCUT2D eigenvalue weighted by atomic mass is 10.0. The van der Waals surface area contributed by atoms with Crippen LogP contribution in [0.2, 0.25) is 0 Å². The molecule has 0 saturated carbocycles. The van der Waals surface area contributed by atoms with E-state index in [9.17, 15) is 4.79 Å². The van der Waals surface area contributed by atoms with Gasteiger partial charge in [0.25, 0.3) is 0 Å². The third kappa shape index (κ3) is 4.70. The topological polar surface area (TPSA) is 57.7 Å². The predicted octanol–water partition coefficient (Wildman–Crippen LogP) is 2.51. The van der Waals surface area contributed by atoms with Gasteiger partial charge >= 0.3 is 0 Å². The summed E-state index contributed by atoms with van der Waals surface area (Å²) in [5.74, 6) is 0.996. The van der Waals surface area contributed by atoms with E-state index in [1.54, 1.807) is 6.20 Å². The van der Waals surface area contributed by atoms with E-state index in [0.717, 1.165) is 31.1 Å². The zero-order chi connectivity index (χ0) is 17.9. The van der Waals surface area contributed by atoms with Crippen molar-refractivity contribution >= 4 is 17.4 Å². The van der Waals surface area contributed by atoms with Gasteiger partial charge in [0.05, 0.1) is 31.1 Å². The first-order valence-corrected chi connectivity index (χ1v) is 9.31. The van der Waals surface area contributed by atoms with Gasteiger partial charge in [0.15, 0.2) is 0 Å². The highest BCUT2D eigenvalue weighted by Crippen LogP contribution is 2.22. The molecule has 2 aliphatic heterocycles. The fourth-order valence-electron chi connectivity index (χ4n) is 3.47. The summed E-state index contributed by atoms with van der Waals surface area (Å²) < 4.78 is 5.71. The number of pyridine rings is 1. The number of hydrogen-bond donors (Lipinski definition) is 1. The molecule has 0 aliphatic carbocycles. The first-order chi connectivity index (χ1) is 11.9. The second-order valence-electron chi connectivity index (χ2n) is 7.82. The zero-order valence-corrected chi connectivity index (χ0v) is 15.6. The second-order valence-corrected chi connectivity index (χ2v) is 7.82. The molecule has 6 heteroatoms. The van der Waals surface area contributed by atoms with Crippen molar-refractivity contribution in [3.63, 3.8) is 0 Å². The molecule has 0 spiro atoms. The van der Waals surface area contributed by atoms with E-state index in [-0.39, 0.29) is 17.6 Å². The zero-order valence-electron chi connectivity index (χ0n) is 15.6. The number of aromatic nitrogens is 1. The summed E-state index contributed by atoms with van der Waals surface area (Å²) in [7, 11) is 0. The Kier molecular flexibility index (Phi) is 5.59. The second kappa shape index (κ2) is 7.70. The molecule has 1 atom stereocenters. The van der Waals surface area contributed by atoms with Crippen molar-refractivity contribution in [3.8, 4) is 0 Å². The van der Waals surface area contributed by atoms with Crippen LogP contribution in [0.5, 0.6) is 0 Å². The van der Waals surface area contributed by atoms with Gasteiger partial charge in [-0.2, -0.15) is 0 Å². The molecule has 1 aromatic rings. The maximum atomic E-state index is 12.4. The van der Waals surface area contributed by atoms with Gasteiger partial charge in [-0.15, -0.1) is 0 Å². The standard InChI is InChI=1S/C19H30N4O2/c1-15-12-23(19(2,3)14-25-15)13-18(24)21-16-7-8-17(20-11-16)22-9-5-4-6-10-22/h7-8,11,15H,4-6,9-10,12-14H2,1-3H3,(H,21,24). The first-order valence-electron chi connectivity index (χ1n) is 9.31. The number of nitrogens with zero attached hydrogens (tertiary/aromatic N) is 3. The van der Waals surface area contributed by atoms with Gasteiger partial charge in [-0.25, -0.2) is 4.98 Å². The molecule has 3 heterocycles. The van der Waals surface area contributed by atoms with Gasteiger partial charge in [0, 0.05) is 25.2 Å². The number of ether oxygens (including phenoxy) is 1. The Balaban J connectivity index is 1.55. The number of carbonyl (C=O) groups excluding carboxylic acids is 1. The highest BCUT2D eigenvalue weighted by Gasteiger charge is 2.34. The van der Waals surface area contributed by atoms with E-state index < -0.39 is 0 Å². The Labute approximate surface area is 150 Å². The molecule has 138 valence electrons. The van der Waals surface area contributed by atoms with Gasteiger partial charge in [0.2, 0.25) is 5.91 Å². The largest absolute Gasteiger partial charge is 0.375 e. The lowest BCUT2D eigenvalue weighted by molar-refractivity contribution is -0.126. The summed E-state index contributed by atoms with van der Waals surface area (Å²) in [6.45, 7) is 10.2. The Bertz CT molecular complexity index is 582. The van der Waals surface area contributed by atoms with E-state index in [1.165, 1.54) is 19.3 Å². The summed E-state index contributed by atoms with van der Waals surface area (Å²) >= 11 is 0. The number of rotatable bonds is 4. The maximum Gasteiger partial charge on any atom is 0.238 e. The minimum absolute atomic E-state index is 0.00491. The lowest BCUT2D eigenvalue weighted by Gasteiger charge is -2.44. The molecule has 1 amide bonds. The fraction of sp³-hybridized carbons (Fsp3) is 0.684. The van der Waals surface area contributed by atoms with Gasteiger partial charge in [-0.3, -0.25) is 9.69 Å². The number of carbonyl (C=O) groups is 1. The first kappa shape index (κ1) is 18.1. The minimum atomic E-state index is -0.125.